The molecule has 4 aromatic rings. The number of carbonyl (C=O) groups is 3. The van der Waals surface area contributed by atoms with Crippen molar-refractivity contribution in [2.24, 2.45) is 5.92 Å². The number of aromatic nitrogens is 1. The lowest BCUT2D eigenvalue weighted by atomic mass is 9.81. The van der Waals surface area contributed by atoms with Crippen molar-refractivity contribution >= 4 is 68.1 Å². The topological polar surface area (TPSA) is 88.5 Å². The molecule has 0 saturated carbocycles. The third kappa shape index (κ3) is 5.95. The van der Waals surface area contributed by atoms with E-state index in [1.54, 1.807) is 24.3 Å². The number of nitrogens with zero attached hydrogens (tertiary/aromatic N) is 2. The van der Waals surface area contributed by atoms with Crippen molar-refractivity contribution in [3.8, 4) is 0 Å². The second-order valence-electron chi connectivity index (χ2n) is 12.2. The number of hydrogen-bond donors (Lipinski definition) is 1. The molecular weight excluding hydrogens is 703 g/mol. The van der Waals surface area contributed by atoms with Crippen LogP contribution in [0, 0.1) is 5.92 Å². The molecule has 13 heteroatoms. The van der Waals surface area contributed by atoms with Crippen LogP contribution in [0.25, 0.3) is 0 Å². The molecule has 1 fully saturated rings. The first-order valence-corrected chi connectivity index (χ1v) is 16.7. The molecule has 0 spiro atoms. The molecule has 0 bridgehead atoms. The lowest BCUT2D eigenvalue weighted by molar-refractivity contribution is -0.137. The highest BCUT2D eigenvalue weighted by Crippen LogP contribution is 2.54. The number of hydrogen-bond acceptors (Lipinski definition) is 6. The number of anilines is 2. The first-order valence-electron chi connectivity index (χ1n) is 14.2. The van der Waals surface area contributed by atoms with E-state index in [-0.39, 0.29) is 17.0 Å². The number of alkyl halides is 3. The maximum absolute atomic E-state index is 14.1. The second kappa shape index (κ2) is 11.8. The molecule has 1 saturated heterocycles. The van der Waals surface area contributed by atoms with Crippen molar-refractivity contribution in [2.75, 3.05) is 10.2 Å². The molecule has 238 valence electrons. The van der Waals surface area contributed by atoms with Gasteiger partial charge in [0, 0.05) is 21.0 Å². The number of thioether (sulfide) groups is 1. The van der Waals surface area contributed by atoms with Gasteiger partial charge < -0.3 is 5.32 Å². The van der Waals surface area contributed by atoms with Gasteiger partial charge in [-0.2, -0.15) is 13.2 Å². The predicted octanol–water partition coefficient (Wildman–Crippen LogP) is 7.42. The number of fused-ring (bicyclic) bond motifs is 2. The Morgan fingerprint density at radius 2 is 1.59 bits per heavy atom. The van der Waals surface area contributed by atoms with E-state index < -0.39 is 52.1 Å². The fraction of sp³-hybridized carbons (Fsp3) is 0.273. The van der Waals surface area contributed by atoms with Gasteiger partial charge in [-0.15, -0.1) is 0 Å². The number of rotatable bonds is 5. The van der Waals surface area contributed by atoms with Crippen LogP contribution in [-0.2, 0) is 32.5 Å². The highest BCUT2D eigenvalue weighted by Gasteiger charge is 2.56. The minimum atomic E-state index is -4.59. The van der Waals surface area contributed by atoms with Crippen molar-refractivity contribution in [2.45, 2.75) is 55.1 Å². The van der Waals surface area contributed by atoms with Gasteiger partial charge in [0.2, 0.25) is 17.7 Å². The monoisotopic (exact) mass is 729 g/mol. The second-order valence-corrected chi connectivity index (χ2v) is 15.2. The molecule has 2 aliphatic rings. The van der Waals surface area contributed by atoms with Gasteiger partial charge in [0.05, 0.1) is 22.2 Å². The Kier molecular flexibility index (Phi) is 8.31. The zero-order valence-electron chi connectivity index (χ0n) is 24.7. The summed E-state index contributed by atoms with van der Waals surface area (Å²) >= 11 is 5.36. The summed E-state index contributed by atoms with van der Waals surface area (Å²) < 4.78 is 41.7. The van der Waals surface area contributed by atoms with Crippen LogP contribution in [0.15, 0.2) is 87.1 Å². The van der Waals surface area contributed by atoms with Crippen molar-refractivity contribution in [1.82, 2.24) is 4.57 Å². The van der Waals surface area contributed by atoms with Crippen LogP contribution in [0.2, 0.25) is 0 Å². The number of imide groups is 1. The molecule has 0 aliphatic carbocycles. The molecule has 0 unspecified atom stereocenters. The Morgan fingerprint density at radius 3 is 2.22 bits per heavy atom. The average Bonchev–Trinajstić information content (AvgIpc) is 3.43. The van der Waals surface area contributed by atoms with E-state index in [0.29, 0.717) is 15.6 Å². The fourth-order valence-corrected chi connectivity index (χ4v) is 8.80. The first kappa shape index (κ1) is 32.3. The van der Waals surface area contributed by atoms with Gasteiger partial charge in [0.1, 0.15) is 11.8 Å². The summed E-state index contributed by atoms with van der Waals surface area (Å²) in [7, 11) is 0. The molecule has 46 heavy (non-hydrogen) atoms. The van der Waals surface area contributed by atoms with E-state index in [0.717, 1.165) is 50.8 Å². The van der Waals surface area contributed by atoms with Crippen LogP contribution < -0.4 is 15.1 Å². The standard InChI is InChI=1S/C33H27BrF3N3O4S2/c1-32(2,3)18-9-7-17(8-10-18)24-25-26(29(43)40(28(25)42)22-13-11-20(34)12-14-22)45-30-27(24)46-31(44)39(30)16-23(41)38-21-6-4-5-19(15-21)33(35,36)37/h4-15,24-26H,16H2,1-3H3,(H,38,41)/t24-,25+,26-/m0/s1. The Balaban J connectivity index is 1.39. The van der Waals surface area contributed by atoms with E-state index in [1.807, 2.05) is 24.3 Å². The van der Waals surface area contributed by atoms with Crippen LogP contribution >= 0.6 is 39.0 Å². The van der Waals surface area contributed by atoms with Crippen molar-refractivity contribution in [3.05, 3.63) is 109 Å². The maximum Gasteiger partial charge on any atom is 0.416 e. The van der Waals surface area contributed by atoms with Gasteiger partial charge in [0.25, 0.3) is 0 Å². The summed E-state index contributed by atoms with van der Waals surface area (Å²) in [6.07, 6.45) is -4.59. The zero-order valence-corrected chi connectivity index (χ0v) is 27.9. The van der Waals surface area contributed by atoms with Gasteiger partial charge in [-0.3, -0.25) is 23.7 Å². The van der Waals surface area contributed by atoms with Crippen molar-refractivity contribution in [1.29, 1.82) is 0 Å². The molecule has 1 aromatic heterocycles. The summed E-state index contributed by atoms with van der Waals surface area (Å²) in [6.45, 7) is 5.76. The Labute approximate surface area is 278 Å². The molecule has 7 nitrogen and oxygen atoms in total. The highest BCUT2D eigenvalue weighted by atomic mass is 79.9. The van der Waals surface area contributed by atoms with Crippen LogP contribution in [-0.4, -0.2) is 27.5 Å². The molecule has 0 radical (unpaired) electrons. The Bertz CT molecular complexity index is 1910. The van der Waals surface area contributed by atoms with Gasteiger partial charge >= 0.3 is 11.0 Å². The van der Waals surface area contributed by atoms with Crippen LogP contribution in [0.4, 0.5) is 24.5 Å². The van der Waals surface area contributed by atoms with Gasteiger partial charge in [-0.05, 0) is 59.0 Å². The smallest absolute Gasteiger partial charge is 0.325 e. The van der Waals surface area contributed by atoms with Crippen molar-refractivity contribution in [3.63, 3.8) is 0 Å². The molecular formula is C33H27BrF3N3O4S2. The summed E-state index contributed by atoms with van der Waals surface area (Å²) in [5.74, 6) is -2.96. The van der Waals surface area contributed by atoms with Crippen LogP contribution in [0.3, 0.4) is 0 Å². The number of halogens is 4. The molecule has 1 N–H and O–H groups in total. The van der Waals surface area contributed by atoms with E-state index in [4.69, 9.17) is 0 Å². The SMILES string of the molecule is CC(C)(C)c1ccc([C@@H]2c3sc(=O)n(CC(=O)Nc4cccc(C(F)(F)F)c4)c3S[C@@H]3C(=O)N(c4ccc(Br)cc4)C(=O)[C@H]23)cc1. The van der Waals surface area contributed by atoms with Gasteiger partial charge in [-0.1, -0.05) is 90.1 Å². The first-order chi connectivity index (χ1) is 21.6. The molecule has 3 atom stereocenters. The third-order valence-corrected chi connectivity index (χ3v) is 11.2. The Hall–Kier alpha value is -3.68. The maximum atomic E-state index is 14.1. The summed E-state index contributed by atoms with van der Waals surface area (Å²) in [6, 6.07) is 18.8. The normalized spacial score (nSPS) is 19.6. The average molecular weight is 731 g/mol. The van der Waals surface area contributed by atoms with E-state index in [2.05, 4.69) is 42.0 Å². The van der Waals surface area contributed by atoms with E-state index >= 15 is 0 Å². The molecule has 3 amide bonds. The molecule has 3 heterocycles. The predicted molar refractivity (Wildman–Crippen MR) is 175 cm³/mol. The van der Waals surface area contributed by atoms with Crippen molar-refractivity contribution < 1.29 is 27.6 Å². The molecule has 3 aromatic carbocycles. The Morgan fingerprint density at radius 1 is 0.913 bits per heavy atom. The summed E-state index contributed by atoms with van der Waals surface area (Å²) in [5, 5.41) is 1.96. The summed E-state index contributed by atoms with van der Waals surface area (Å²) in [4.78, 5) is 55.8. The third-order valence-electron chi connectivity index (χ3n) is 8.05. The number of carbonyl (C=O) groups excluding carboxylic acids is 3. The number of thiazole rings is 1. The number of amides is 3. The van der Waals surface area contributed by atoms with Crippen LogP contribution in [0.5, 0.6) is 0 Å². The minimum absolute atomic E-state index is 0.0665. The quantitative estimate of drug-likeness (QED) is 0.216. The minimum Gasteiger partial charge on any atom is -0.325 e. The van der Waals surface area contributed by atoms with E-state index in [1.165, 1.54) is 21.6 Å². The largest absolute Gasteiger partial charge is 0.416 e. The lowest BCUT2D eigenvalue weighted by Gasteiger charge is -2.31. The van der Waals surface area contributed by atoms with Crippen LogP contribution in [0.1, 0.15) is 48.3 Å². The zero-order chi connectivity index (χ0) is 33.1. The number of nitrogens with one attached hydrogen (secondary N) is 1. The van der Waals surface area contributed by atoms with Gasteiger partial charge in [-0.25, -0.2) is 4.90 Å². The molecule has 6 rings (SSSR count). The number of benzene rings is 3. The molecule has 2 aliphatic heterocycles. The summed E-state index contributed by atoms with van der Waals surface area (Å²) in [5.41, 5.74) is 1.13. The highest BCUT2D eigenvalue weighted by molar-refractivity contribution is 9.10. The fourth-order valence-electron chi connectivity index (χ4n) is 5.77. The lowest BCUT2D eigenvalue weighted by Crippen LogP contribution is -2.33. The van der Waals surface area contributed by atoms with Gasteiger partial charge in [0.15, 0.2) is 0 Å². The van der Waals surface area contributed by atoms with E-state index in [9.17, 15) is 32.3 Å².